The molecule has 0 unspecified atom stereocenters. The van der Waals surface area contributed by atoms with Crippen molar-refractivity contribution < 1.29 is 32.6 Å². The quantitative estimate of drug-likeness (QED) is 0.0835. The molecular formula is C50H55N10O8PSi. The standard InChI is InChI=1S/C50H55N10O8PSi/c1-50(2,3)70(39-21-13-7-14-22-39,40-23-15-8-16-24-40)66-32-38-29-58(30-43(68-38)60-34-54-44-45(52-33-53-46(44)60)57-48(62)36-19-11-6-12-20-36)69(4,64)65-31-37-27-51-28-42(67-37)59-26-25-41(56-49(59)63)55-47(61)35-17-9-5-10-18-35/h5-26,33-34,37-38,42-43,51H,27-32H2,1-4H3,(H,52,53,57,62)(H,55,56,61,63)/t37-,38-,42+,43+,69-/m0/s1. The van der Waals surface area contributed by atoms with Gasteiger partial charge < -0.3 is 34.4 Å². The van der Waals surface area contributed by atoms with Crippen molar-refractivity contribution in [2.24, 2.45) is 0 Å². The van der Waals surface area contributed by atoms with Crippen LogP contribution < -0.4 is 32.0 Å². The molecule has 70 heavy (non-hydrogen) atoms. The number of hydrogen-bond acceptors (Lipinski definition) is 13. The van der Waals surface area contributed by atoms with Crippen LogP contribution in [0, 0.1) is 0 Å². The smallest absolute Gasteiger partial charge is 0.351 e. The van der Waals surface area contributed by atoms with Gasteiger partial charge in [-0.05, 0) is 45.7 Å². The van der Waals surface area contributed by atoms with Gasteiger partial charge in [0, 0.05) is 43.6 Å². The molecule has 2 amide bonds. The molecule has 20 heteroatoms. The van der Waals surface area contributed by atoms with Gasteiger partial charge in [-0.3, -0.25) is 23.3 Å². The van der Waals surface area contributed by atoms with Crippen LogP contribution in [-0.2, 0) is 23.0 Å². The number of morpholine rings is 2. The van der Waals surface area contributed by atoms with Gasteiger partial charge in [0.25, 0.3) is 27.7 Å². The Balaban J connectivity index is 0.960. The highest BCUT2D eigenvalue weighted by Gasteiger charge is 2.51. The van der Waals surface area contributed by atoms with E-state index in [-0.39, 0.29) is 48.9 Å². The van der Waals surface area contributed by atoms with Crippen LogP contribution in [0.3, 0.4) is 0 Å². The first-order valence-corrected chi connectivity index (χ1v) is 27.0. The first-order valence-electron chi connectivity index (χ1n) is 23.0. The van der Waals surface area contributed by atoms with Crippen molar-refractivity contribution in [2.75, 3.05) is 56.7 Å². The molecule has 2 aliphatic heterocycles. The van der Waals surface area contributed by atoms with E-state index in [0.29, 0.717) is 35.4 Å². The highest BCUT2D eigenvalue weighted by atomic mass is 31.2. The van der Waals surface area contributed by atoms with Crippen molar-refractivity contribution in [2.45, 2.75) is 50.5 Å². The molecule has 7 aromatic rings. The minimum Gasteiger partial charge on any atom is -0.405 e. The molecule has 2 aliphatic rings. The fraction of sp³-hybridized carbons (Fsp3) is 0.300. The second-order valence-electron chi connectivity index (χ2n) is 18.2. The number of benzene rings is 4. The average molecular weight is 983 g/mol. The number of amides is 2. The number of carbonyl (C=O) groups excluding carboxylic acids is 2. The molecule has 5 atom stereocenters. The summed E-state index contributed by atoms with van der Waals surface area (Å²) in [5.41, 5.74) is 1.02. The molecule has 4 aromatic carbocycles. The zero-order chi connectivity index (χ0) is 48.9. The molecule has 0 spiro atoms. The first-order chi connectivity index (χ1) is 33.8. The number of rotatable bonds is 15. The number of ether oxygens (including phenoxy) is 2. The van der Waals surface area contributed by atoms with Crippen LogP contribution in [0.15, 0.2) is 151 Å². The second kappa shape index (κ2) is 20.8. The third-order valence-electron chi connectivity index (χ3n) is 12.4. The Hall–Kier alpha value is -6.54. The van der Waals surface area contributed by atoms with Crippen LogP contribution in [-0.4, -0.2) is 112 Å². The normalized spacial score (nSPS) is 19.8. The van der Waals surface area contributed by atoms with E-state index in [1.807, 2.05) is 48.5 Å². The van der Waals surface area contributed by atoms with E-state index in [1.54, 1.807) is 70.8 Å². The van der Waals surface area contributed by atoms with Crippen LogP contribution in [0.2, 0.25) is 5.04 Å². The lowest BCUT2D eigenvalue weighted by atomic mass is 10.2. The molecule has 362 valence electrons. The number of nitrogens with one attached hydrogen (secondary N) is 3. The van der Waals surface area contributed by atoms with Gasteiger partial charge in [0.05, 0.1) is 38.3 Å². The van der Waals surface area contributed by atoms with E-state index in [9.17, 15) is 14.4 Å². The third-order valence-corrected chi connectivity index (χ3v) is 19.4. The summed E-state index contributed by atoms with van der Waals surface area (Å²) in [6.45, 7) is 9.26. The molecule has 2 fully saturated rings. The zero-order valence-corrected chi connectivity index (χ0v) is 41.1. The zero-order valence-electron chi connectivity index (χ0n) is 39.3. The Morgan fingerprint density at radius 2 is 1.34 bits per heavy atom. The maximum Gasteiger partial charge on any atom is 0.351 e. The van der Waals surface area contributed by atoms with Crippen LogP contribution in [0.4, 0.5) is 11.6 Å². The fourth-order valence-electron chi connectivity index (χ4n) is 8.97. The second-order valence-corrected chi connectivity index (χ2v) is 25.0. The molecule has 3 aromatic heterocycles. The van der Waals surface area contributed by atoms with Crippen molar-refractivity contribution in [3.8, 4) is 0 Å². The Kier molecular flexibility index (Phi) is 14.4. The van der Waals surface area contributed by atoms with E-state index < -0.39 is 52.1 Å². The van der Waals surface area contributed by atoms with Crippen molar-refractivity contribution in [3.05, 3.63) is 168 Å². The number of fused-ring (bicyclic) bond motifs is 1. The summed E-state index contributed by atoms with van der Waals surface area (Å²) in [6, 6.07) is 39.6. The number of aromatic nitrogens is 6. The summed E-state index contributed by atoms with van der Waals surface area (Å²) in [6.07, 6.45) is 1.69. The lowest BCUT2D eigenvalue weighted by Crippen LogP contribution is -2.67. The maximum absolute atomic E-state index is 15.0. The molecule has 9 rings (SSSR count). The molecule has 0 bridgehead atoms. The Morgan fingerprint density at radius 3 is 1.96 bits per heavy atom. The minimum atomic E-state index is -3.64. The largest absolute Gasteiger partial charge is 0.405 e. The average Bonchev–Trinajstić information content (AvgIpc) is 3.82. The van der Waals surface area contributed by atoms with Gasteiger partial charge in [0.15, 0.2) is 23.2 Å². The molecule has 2 saturated heterocycles. The van der Waals surface area contributed by atoms with Gasteiger partial charge in [0.1, 0.15) is 18.4 Å². The van der Waals surface area contributed by atoms with Crippen molar-refractivity contribution in [1.82, 2.24) is 39.1 Å². The summed E-state index contributed by atoms with van der Waals surface area (Å²) in [4.78, 5) is 56.8. The monoisotopic (exact) mass is 982 g/mol. The van der Waals surface area contributed by atoms with Crippen molar-refractivity contribution in [3.63, 3.8) is 0 Å². The highest BCUT2D eigenvalue weighted by Crippen LogP contribution is 2.50. The van der Waals surface area contributed by atoms with E-state index >= 15 is 4.57 Å². The number of carbonyl (C=O) groups is 2. The molecule has 0 saturated carbocycles. The maximum atomic E-state index is 15.0. The van der Waals surface area contributed by atoms with Crippen LogP contribution in [0.5, 0.6) is 0 Å². The van der Waals surface area contributed by atoms with Crippen LogP contribution in [0.1, 0.15) is 53.9 Å². The van der Waals surface area contributed by atoms with Gasteiger partial charge in [0.2, 0.25) is 0 Å². The van der Waals surface area contributed by atoms with E-state index in [4.69, 9.17) is 18.4 Å². The van der Waals surface area contributed by atoms with Crippen molar-refractivity contribution >= 4 is 60.8 Å². The number of nitrogens with zero attached hydrogens (tertiary/aromatic N) is 7. The lowest BCUT2D eigenvalue weighted by Gasteiger charge is -2.45. The fourth-order valence-corrected chi connectivity index (χ4v) is 15.1. The van der Waals surface area contributed by atoms with Gasteiger partial charge >= 0.3 is 5.69 Å². The van der Waals surface area contributed by atoms with E-state index in [1.165, 1.54) is 23.2 Å². The summed E-state index contributed by atoms with van der Waals surface area (Å²) in [7, 11) is -6.67. The molecular weight excluding hydrogens is 928 g/mol. The summed E-state index contributed by atoms with van der Waals surface area (Å²) in [5, 5.41) is 10.7. The number of anilines is 2. The van der Waals surface area contributed by atoms with Gasteiger partial charge in [-0.15, -0.1) is 0 Å². The number of imidazole rings is 1. The van der Waals surface area contributed by atoms with Gasteiger partial charge in [-0.1, -0.05) is 118 Å². The molecule has 0 aliphatic carbocycles. The third kappa shape index (κ3) is 10.5. The van der Waals surface area contributed by atoms with Crippen molar-refractivity contribution in [1.29, 1.82) is 0 Å². The topological polar surface area (TPSA) is 206 Å². The molecule has 0 radical (unpaired) electrons. The van der Waals surface area contributed by atoms with E-state index in [0.717, 1.165) is 10.4 Å². The molecule has 3 N–H and O–H groups in total. The molecule has 5 heterocycles. The SMILES string of the molecule is CC(C)(C)[Si](OC[C@@H]1CN([P@@](C)(=O)OC[C@@H]2CNC[C@H](n3ccc(NC(=O)c4ccccc4)nc3=O)O2)C[C@H](n2cnc3c(NC(=O)c4ccccc4)ncnc32)O1)(c1ccccc1)c1ccccc1. The lowest BCUT2D eigenvalue weighted by molar-refractivity contribution is -0.118. The summed E-state index contributed by atoms with van der Waals surface area (Å²) >= 11 is 0. The predicted molar refractivity (Wildman–Crippen MR) is 268 cm³/mol. The molecule has 18 nitrogen and oxygen atoms in total. The Labute approximate surface area is 406 Å². The van der Waals surface area contributed by atoms with Crippen LogP contribution >= 0.6 is 7.52 Å². The Morgan fingerprint density at radius 1 is 0.743 bits per heavy atom. The number of hydrogen-bond donors (Lipinski definition) is 3. The van der Waals surface area contributed by atoms with Gasteiger partial charge in [-0.25, -0.2) is 24.4 Å². The first kappa shape index (κ1) is 48.5. The van der Waals surface area contributed by atoms with Gasteiger partial charge in [-0.2, -0.15) is 4.98 Å². The van der Waals surface area contributed by atoms with E-state index in [2.05, 4.69) is 80.9 Å². The predicted octanol–water partition coefficient (Wildman–Crippen LogP) is 5.69. The Bertz CT molecular complexity index is 3000. The summed E-state index contributed by atoms with van der Waals surface area (Å²) in [5.74, 6) is -0.409. The highest BCUT2D eigenvalue weighted by molar-refractivity contribution is 7.55. The van der Waals surface area contributed by atoms with Crippen LogP contribution in [0.25, 0.3) is 11.2 Å². The minimum absolute atomic E-state index is 0.0678. The summed E-state index contributed by atoms with van der Waals surface area (Å²) < 4.78 is 46.9.